The van der Waals surface area contributed by atoms with E-state index in [1.165, 1.54) is 22.9 Å². The van der Waals surface area contributed by atoms with Crippen LogP contribution in [0, 0.1) is 10.8 Å². The van der Waals surface area contributed by atoms with Crippen LogP contribution in [0.4, 0.5) is 0 Å². The smallest absolute Gasteiger partial charge is 0.233 e. The molecule has 2 aliphatic rings. The summed E-state index contributed by atoms with van der Waals surface area (Å²) >= 11 is 1.35. The molecule has 2 fully saturated rings. The molecule has 1 amide bonds. The fourth-order valence-electron chi connectivity index (χ4n) is 5.40. The van der Waals surface area contributed by atoms with Crippen molar-refractivity contribution in [1.82, 2.24) is 19.8 Å². The van der Waals surface area contributed by atoms with Crippen molar-refractivity contribution in [2.45, 2.75) is 58.2 Å². The molecule has 0 unspecified atom stereocenters. The van der Waals surface area contributed by atoms with Gasteiger partial charge in [0.25, 0.3) is 0 Å². The summed E-state index contributed by atoms with van der Waals surface area (Å²) in [6, 6.07) is 7.94. The molecule has 30 heavy (non-hydrogen) atoms. The van der Waals surface area contributed by atoms with Gasteiger partial charge in [0.2, 0.25) is 11.1 Å². The highest BCUT2D eigenvalue weighted by atomic mass is 32.2. The zero-order chi connectivity index (χ0) is 21.5. The number of nitrogen functional groups attached to an aromatic ring is 1. The molecule has 2 aromatic rings. The Labute approximate surface area is 182 Å². The average molecular weight is 430 g/mol. The Balaban J connectivity index is 1.41. The van der Waals surface area contributed by atoms with Crippen LogP contribution in [-0.4, -0.2) is 50.6 Å². The summed E-state index contributed by atoms with van der Waals surface area (Å²) in [5, 5.41) is 8.97. The normalized spacial score (nSPS) is 24.8. The van der Waals surface area contributed by atoms with Crippen LogP contribution in [0.25, 0.3) is 11.4 Å². The molecule has 2 heterocycles. The standard InChI is InChI=1S/C22H31N5O2S/c1-5-29-17-8-6-15(7-9-17)19-24-25-20(27(19)23)30-12-18(28)26-14-22(4)11-16(26)10-21(2,3)13-22/h6-9,16H,5,10-14,23H2,1-4H3/t16-,22-/m0/s1. The van der Waals surface area contributed by atoms with Gasteiger partial charge >= 0.3 is 0 Å². The van der Waals surface area contributed by atoms with Crippen LogP contribution in [-0.2, 0) is 4.79 Å². The van der Waals surface area contributed by atoms with Crippen molar-refractivity contribution < 1.29 is 9.53 Å². The van der Waals surface area contributed by atoms with Gasteiger partial charge in [0.05, 0.1) is 12.4 Å². The molecule has 1 aromatic heterocycles. The fraction of sp³-hybridized carbons (Fsp3) is 0.591. The van der Waals surface area contributed by atoms with Gasteiger partial charge in [0.15, 0.2) is 5.82 Å². The highest BCUT2D eigenvalue weighted by molar-refractivity contribution is 7.99. The summed E-state index contributed by atoms with van der Waals surface area (Å²) in [4.78, 5) is 15.1. The van der Waals surface area contributed by atoms with Crippen LogP contribution >= 0.6 is 11.8 Å². The lowest BCUT2D eigenvalue weighted by molar-refractivity contribution is -0.129. The minimum atomic E-state index is 0.164. The maximum atomic E-state index is 13.0. The number of fused-ring (bicyclic) bond motifs is 2. The lowest BCUT2D eigenvalue weighted by Gasteiger charge is -2.39. The predicted molar refractivity (Wildman–Crippen MR) is 119 cm³/mol. The van der Waals surface area contributed by atoms with Crippen molar-refractivity contribution in [3.05, 3.63) is 24.3 Å². The fourth-order valence-corrected chi connectivity index (χ4v) is 6.14. The third-order valence-electron chi connectivity index (χ3n) is 6.15. The first-order valence-electron chi connectivity index (χ1n) is 10.6. The summed E-state index contributed by atoms with van der Waals surface area (Å²) in [5.41, 5.74) is 1.39. The van der Waals surface area contributed by atoms with Gasteiger partial charge in [0, 0.05) is 18.2 Å². The first kappa shape index (κ1) is 21.0. The molecule has 0 spiro atoms. The Bertz CT molecular complexity index is 926. The number of hydrogen-bond acceptors (Lipinski definition) is 6. The molecule has 1 aromatic carbocycles. The third kappa shape index (κ3) is 4.15. The topological polar surface area (TPSA) is 86.3 Å². The van der Waals surface area contributed by atoms with Crippen molar-refractivity contribution in [2.24, 2.45) is 10.8 Å². The molecule has 8 heteroatoms. The van der Waals surface area contributed by atoms with Crippen LogP contribution in [0.3, 0.4) is 0 Å². The SMILES string of the molecule is CCOc1ccc(-c2nnc(SCC(=O)N3C[C@@]4(C)C[C@@H]3CC(C)(C)C4)n2N)cc1. The molecular formula is C22H31N5O2S. The number of likely N-dealkylation sites (tertiary alicyclic amines) is 1. The number of carbonyl (C=O) groups is 1. The number of aromatic nitrogens is 3. The Morgan fingerprint density at radius 3 is 2.67 bits per heavy atom. The summed E-state index contributed by atoms with van der Waals surface area (Å²) in [6.07, 6.45) is 3.37. The number of nitrogens with two attached hydrogens (primary N) is 1. The van der Waals surface area contributed by atoms with Gasteiger partial charge in [-0.25, -0.2) is 4.68 Å². The van der Waals surface area contributed by atoms with E-state index in [2.05, 4.69) is 35.9 Å². The number of amides is 1. The Hall–Kier alpha value is -2.22. The van der Waals surface area contributed by atoms with Crippen LogP contribution in [0.5, 0.6) is 5.75 Å². The van der Waals surface area contributed by atoms with E-state index in [0.717, 1.165) is 30.7 Å². The number of rotatable bonds is 6. The number of ether oxygens (including phenoxy) is 1. The lowest BCUT2D eigenvalue weighted by Crippen LogP contribution is -2.38. The van der Waals surface area contributed by atoms with Crippen LogP contribution in [0.2, 0.25) is 0 Å². The first-order valence-corrected chi connectivity index (χ1v) is 11.5. The maximum absolute atomic E-state index is 13.0. The second-order valence-corrected chi connectivity index (χ2v) is 10.6. The minimum Gasteiger partial charge on any atom is -0.494 e. The molecule has 2 bridgehead atoms. The maximum Gasteiger partial charge on any atom is 0.233 e. The number of benzene rings is 1. The molecule has 1 saturated heterocycles. The van der Waals surface area contributed by atoms with E-state index in [0.29, 0.717) is 34.8 Å². The number of carbonyl (C=O) groups excluding carboxylic acids is 1. The van der Waals surface area contributed by atoms with Crippen LogP contribution in [0.15, 0.2) is 29.4 Å². The summed E-state index contributed by atoms with van der Waals surface area (Å²) in [6.45, 7) is 10.4. The highest BCUT2D eigenvalue weighted by Gasteiger charge is 2.50. The zero-order valence-electron chi connectivity index (χ0n) is 18.2. The molecule has 2 atom stereocenters. The van der Waals surface area contributed by atoms with Crippen LogP contribution < -0.4 is 10.6 Å². The third-order valence-corrected chi connectivity index (χ3v) is 7.08. The Morgan fingerprint density at radius 1 is 1.23 bits per heavy atom. The molecule has 1 aliphatic heterocycles. The van der Waals surface area contributed by atoms with E-state index in [-0.39, 0.29) is 11.3 Å². The van der Waals surface area contributed by atoms with Gasteiger partial charge in [0.1, 0.15) is 5.75 Å². The van der Waals surface area contributed by atoms with E-state index in [1.807, 2.05) is 31.2 Å². The van der Waals surface area contributed by atoms with Gasteiger partial charge in [-0.3, -0.25) is 4.79 Å². The molecule has 1 aliphatic carbocycles. The Morgan fingerprint density at radius 2 is 1.97 bits per heavy atom. The number of hydrogen-bond donors (Lipinski definition) is 1. The monoisotopic (exact) mass is 429 g/mol. The Kier molecular flexibility index (Phi) is 5.46. The van der Waals surface area contributed by atoms with Gasteiger partial charge in [-0.2, -0.15) is 0 Å². The second kappa shape index (κ2) is 7.80. The molecule has 162 valence electrons. The van der Waals surface area contributed by atoms with Gasteiger partial charge in [-0.05, 0) is 61.3 Å². The van der Waals surface area contributed by atoms with Gasteiger partial charge in [-0.15, -0.1) is 10.2 Å². The average Bonchev–Trinajstić information content (AvgIpc) is 3.16. The summed E-state index contributed by atoms with van der Waals surface area (Å²) < 4.78 is 6.93. The predicted octanol–water partition coefficient (Wildman–Crippen LogP) is 3.58. The number of nitrogens with zero attached hydrogens (tertiary/aromatic N) is 4. The summed E-state index contributed by atoms with van der Waals surface area (Å²) in [5.74, 6) is 8.09. The quantitative estimate of drug-likeness (QED) is 0.558. The molecule has 0 radical (unpaired) electrons. The minimum absolute atomic E-state index is 0.164. The zero-order valence-corrected chi connectivity index (χ0v) is 19.0. The van der Waals surface area contributed by atoms with Crippen molar-refractivity contribution in [3.8, 4) is 17.1 Å². The van der Waals surface area contributed by atoms with E-state index >= 15 is 0 Å². The second-order valence-electron chi connectivity index (χ2n) is 9.66. The number of thioether (sulfide) groups is 1. The molecule has 7 nitrogen and oxygen atoms in total. The van der Waals surface area contributed by atoms with Crippen molar-refractivity contribution in [2.75, 3.05) is 24.7 Å². The van der Waals surface area contributed by atoms with Crippen molar-refractivity contribution >= 4 is 17.7 Å². The highest BCUT2D eigenvalue weighted by Crippen LogP contribution is 2.52. The molecule has 1 saturated carbocycles. The van der Waals surface area contributed by atoms with Crippen molar-refractivity contribution in [3.63, 3.8) is 0 Å². The van der Waals surface area contributed by atoms with E-state index in [9.17, 15) is 4.79 Å². The van der Waals surface area contributed by atoms with Gasteiger partial charge < -0.3 is 15.5 Å². The first-order chi connectivity index (χ1) is 14.2. The molecular weight excluding hydrogens is 398 g/mol. The lowest BCUT2D eigenvalue weighted by atomic mass is 9.65. The van der Waals surface area contributed by atoms with E-state index in [1.54, 1.807) is 0 Å². The van der Waals surface area contributed by atoms with Crippen LogP contribution in [0.1, 0.15) is 47.0 Å². The largest absolute Gasteiger partial charge is 0.494 e. The summed E-state index contributed by atoms with van der Waals surface area (Å²) in [7, 11) is 0. The van der Waals surface area contributed by atoms with E-state index < -0.39 is 0 Å². The van der Waals surface area contributed by atoms with E-state index in [4.69, 9.17) is 10.6 Å². The molecule has 4 rings (SSSR count). The van der Waals surface area contributed by atoms with Gasteiger partial charge in [-0.1, -0.05) is 32.5 Å². The van der Waals surface area contributed by atoms with Crippen molar-refractivity contribution in [1.29, 1.82) is 0 Å². The molecule has 2 N–H and O–H groups in total.